The van der Waals surface area contributed by atoms with E-state index in [0.717, 1.165) is 10.9 Å². The first kappa shape index (κ1) is 17.8. The van der Waals surface area contributed by atoms with Crippen molar-refractivity contribution in [3.8, 4) is 5.75 Å². The summed E-state index contributed by atoms with van der Waals surface area (Å²) in [5.41, 5.74) is 3.22. The zero-order valence-electron chi connectivity index (χ0n) is 15.1. The van der Waals surface area contributed by atoms with Crippen LogP contribution in [0.4, 0.5) is 5.69 Å². The zero-order chi connectivity index (χ0) is 19.7. The third-order valence-corrected chi connectivity index (χ3v) is 4.44. The minimum atomic E-state index is -0.522. The second-order valence-electron chi connectivity index (χ2n) is 6.57. The summed E-state index contributed by atoms with van der Waals surface area (Å²) < 4.78 is 15.8. The second kappa shape index (κ2) is 7.19. The van der Waals surface area contributed by atoms with Crippen molar-refractivity contribution in [2.24, 2.45) is 0 Å². The monoisotopic (exact) mass is 379 g/mol. The van der Waals surface area contributed by atoms with E-state index >= 15 is 0 Å². The van der Waals surface area contributed by atoms with Crippen molar-refractivity contribution >= 4 is 34.3 Å². The van der Waals surface area contributed by atoms with Gasteiger partial charge in [-0.1, -0.05) is 12.1 Å². The van der Waals surface area contributed by atoms with Crippen LogP contribution in [0.3, 0.4) is 0 Å². The minimum absolute atomic E-state index is 0.0113. The smallest absolute Gasteiger partial charge is 0.310 e. The van der Waals surface area contributed by atoms with Gasteiger partial charge >= 0.3 is 5.97 Å². The zero-order valence-corrected chi connectivity index (χ0v) is 15.1. The van der Waals surface area contributed by atoms with Crippen molar-refractivity contribution in [3.05, 3.63) is 59.4 Å². The molecule has 0 spiro atoms. The van der Waals surface area contributed by atoms with Crippen LogP contribution < -0.4 is 10.1 Å². The summed E-state index contributed by atoms with van der Waals surface area (Å²) in [4.78, 5) is 35.8. The van der Waals surface area contributed by atoms with Crippen LogP contribution in [0.5, 0.6) is 5.75 Å². The quantitative estimate of drug-likeness (QED) is 0.541. The average Bonchev–Trinajstić information content (AvgIpc) is 3.07. The number of carbonyl (C=O) groups excluding carboxylic acids is 3. The number of rotatable bonds is 5. The summed E-state index contributed by atoms with van der Waals surface area (Å²) in [6.07, 6.45) is 1.54. The van der Waals surface area contributed by atoms with Gasteiger partial charge in [0.2, 0.25) is 0 Å². The fourth-order valence-electron chi connectivity index (χ4n) is 3.02. The van der Waals surface area contributed by atoms with E-state index in [2.05, 4.69) is 5.32 Å². The predicted octanol–water partition coefficient (Wildman–Crippen LogP) is 3.04. The maximum atomic E-state index is 12.3. The summed E-state index contributed by atoms with van der Waals surface area (Å²) in [5.74, 6) is -0.684. The van der Waals surface area contributed by atoms with Gasteiger partial charge in [0.25, 0.3) is 5.91 Å². The number of amides is 1. The van der Waals surface area contributed by atoms with Crippen LogP contribution in [-0.2, 0) is 20.7 Å². The van der Waals surface area contributed by atoms with Gasteiger partial charge in [-0.25, -0.2) is 0 Å². The highest BCUT2D eigenvalue weighted by Crippen LogP contribution is 2.28. The summed E-state index contributed by atoms with van der Waals surface area (Å²) >= 11 is 0. The third-order valence-electron chi connectivity index (χ3n) is 4.44. The van der Waals surface area contributed by atoms with Crippen LogP contribution in [-0.4, -0.2) is 30.9 Å². The number of ketones is 1. The number of hydrogen-bond acceptors (Lipinski definition) is 6. The van der Waals surface area contributed by atoms with Crippen LogP contribution in [0.15, 0.2) is 47.1 Å². The van der Waals surface area contributed by atoms with Gasteiger partial charge in [0, 0.05) is 16.5 Å². The first-order valence-corrected chi connectivity index (χ1v) is 8.72. The lowest BCUT2D eigenvalue weighted by Crippen LogP contribution is -2.25. The van der Waals surface area contributed by atoms with Crippen molar-refractivity contribution in [1.82, 2.24) is 0 Å². The lowest BCUT2D eigenvalue weighted by molar-refractivity contribution is -0.141. The Morgan fingerprint density at radius 2 is 2.04 bits per heavy atom. The molecule has 0 saturated carbocycles. The van der Waals surface area contributed by atoms with Crippen LogP contribution in [0, 0.1) is 6.92 Å². The molecule has 2 aromatic carbocycles. The van der Waals surface area contributed by atoms with Crippen LogP contribution in [0.2, 0.25) is 0 Å². The number of benzene rings is 2. The summed E-state index contributed by atoms with van der Waals surface area (Å²) in [5, 5.41) is 3.48. The highest BCUT2D eigenvalue weighted by atomic mass is 16.5. The van der Waals surface area contributed by atoms with E-state index in [9.17, 15) is 14.4 Å². The molecule has 0 unspecified atom stereocenters. The third kappa shape index (κ3) is 3.59. The molecule has 0 radical (unpaired) electrons. The lowest BCUT2D eigenvalue weighted by atomic mass is 10.1. The van der Waals surface area contributed by atoms with E-state index in [4.69, 9.17) is 13.9 Å². The molecule has 0 saturated heterocycles. The van der Waals surface area contributed by atoms with Crippen LogP contribution in [0.1, 0.15) is 21.5 Å². The molecule has 7 nitrogen and oxygen atoms in total. The molecule has 1 aromatic heterocycles. The predicted molar refractivity (Wildman–Crippen MR) is 101 cm³/mol. The number of anilines is 1. The first-order chi connectivity index (χ1) is 13.5. The number of furan rings is 1. The fraction of sp³-hybridized carbons (Fsp3) is 0.190. The molecular formula is C21H17NO6. The van der Waals surface area contributed by atoms with Crippen molar-refractivity contribution < 1.29 is 28.3 Å². The Balaban J connectivity index is 1.38. The molecule has 1 aliphatic rings. The number of hydrogen-bond donors (Lipinski definition) is 1. The largest absolute Gasteiger partial charge is 0.482 e. The van der Waals surface area contributed by atoms with Gasteiger partial charge in [0.1, 0.15) is 11.3 Å². The maximum absolute atomic E-state index is 12.3. The number of nitrogens with one attached hydrogen (secondary N) is 1. The molecule has 1 N–H and O–H groups in total. The van der Waals surface area contributed by atoms with Crippen molar-refractivity contribution in [2.45, 2.75) is 13.3 Å². The number of Topliss-reactive ketones (excluding diaryl/α,β-unsaturated/α-hetero) is 1. The molecule has 3 aromatic rings. The Kier molecular flexibility index (Phi) is 4.57. The molecule has 28 heavy (non-hydrogen) atoms. The van der Waals surface area contributed by atoms with Crippen molar-refractivity contribution in [3.63, 3.8) is 0 Å². The lowest BCUT2D eigenvalue weighted by Gasteiger charge is -2.18. The molecule has 0 fully saturated rings. The van der Waals surface area contributed by atoms with Crippen LogP contribution in [0.25, 0.3) is 11.0 Å². The van der Waals surface area contributed by atoms with Crippen molar-refractivity contribution in [1.29, 1.82) is 0 Å². The first-order valence-electron chi connectivity index (χ1n) is 8.72. The highest BCUT2D eigenvalue weighted by molar-refractivity contribution is 6.01. The van der Waals surface area contributed by atoms with Crippen molar-refractivity contribution in [2.75, 3.05) is 18.5 Å². The van der Waals surface area contributed by atoms with E-state index in [1.165, 1.54) is 12.3 Å². The SMILES string of the molecule is Cc1ccc2c(CC(=O)OCC(=O)c3ccc4c(c3)NC(=O)CO4)coc2c1. The van der Waals surface area contributed by atoms with Gasteiger partial charge < -0.3 is 19.2 Å². The molecule has 142 valence electrons. The Bertz CT molecular complexity index is 1100. The van der Waals surface area contributed by atoms with E-state index in [1.807, 2.05) is 25.1 Å². The number of fused-ring (bicyclic) bond motifs is 2. The summed E-state index contributed by atoms with van der Waals surface area (Å²) in [6, 6.07) is 10.4. The Hall–Kier alpha value is -3.61. The molecule has 1 aliphatic heterocycles. The van der Waals surface area contributed by atoms with E-state index < -0.39 is 5.97 Å². The maximum Gasteiger partial charge on any atom is 0.310 e. The Morgan fingerprint density at radius 1 is 1.18 bits per heavy atom. The normalized spacial score (nSPS) is 12.8. The molecule has 0 aliphatic carbocycles. The van der Waals surface area contributed by atoms with Gasteiger partial charge in [-0.05, 0) is 36.8 Å². The van der Waals surface area contributed by atoms with E-state index in [0.29, 0.717) is 28.1 Å². The number of carbonyl (C=O) groups is 3. The second-order valence-corrected chi connectivity index (χ2v) is 6.57. The number of esters is 1. The minimum Gasteiger partial charge on any atom is -0.482 e. The molecule has 4 rings (SSSR count). The standard InChI is InChI=1S/C21H17NO6/c1-12-2-4-15-14(9-26-19(15)6-12)8-21(25)28-10-17(23)13-3-5-18-16(7-13)22-20(24)11-27-18/h2-7,9H,8,10-11H2,1H3,(H,22,24). The summed E-state index contributed by atoms with van der Waals surface area (Å²) in [6.45, 7) is 1.52. The van der Waals surface area contributed by atoms with Gasteiger partial charge in [-0.3, -0.25) is 14.4 Å². The summed E-state index contributed by atoms with van der Waals surface area (Å²) in [7, 11) is 0. The van der Waals surface area contributed by atoms with Gasteiger partial charge in [0.05, 0.1) is 18.4 Å². The van der Waals surface area contributed by atoms with Gasteiger partial charge in [0.15, 0.2) is 19.0 Å². The molecule has 1 amide bonds. The van der Waals surface area contributed by atoms with E-state index in [-0.39, 0.29) is 31.3 Å². The average molecular weight is 379 g/mol. The molecular weight excluding hydrogens is 362 g/mol. The van der Waals surface area contributed by atoms with Crippen LogP contribution >= 0.6 is 0 Å². The highest BCUT2D eigenvalue weighted by Gasteiger charge is 2.19. The molecule has 0 atom stereocenters. The number of ether oxygens (including phenoxy) is 2. The van der Waals surface area contributed by atoms with Gasteiger partial charge in [-0.2, -0.15) is 0 Å². The topological polar surface area (TPSA) is 94.8 Å². The molecule has 0 bridgehead atoms. The Labute approximate surface area is 160 Å². The number of aryl methyl sites for hydroxylation is 1. The van der Waals surface area contributed by atoms with Gasteiger partial charge in [-0.15, -0.1) is 0 Å². The molecule has 2 heterocycles. The molecule has 7 heteroatoms. The van der Waals surface area contributed by atoms with E-state index in [1.54, 1.807) is 12.1 Å². The fourth-order valence-corrected chi connectivity index (χ4v) is 3.02. The Morgan fingerprint density at radius 3 is 2.89 bits per heavy atom.